The van der Waals surface area contributed by atoms with Gasteiger partial charge in [-0.25, -0.2) is 0 Å². The minimum absolute atomic E-state index is 0.446. The van der Waals surface area contributed by atoms with E-state index in [1.807, 2.05) is 12.1 Å². The van der Waals surface area contributed by atoms with Crippen LogP contribution >= 0.6 is 11.6 Å². The summed E-state index contributed by atoms with van der Waals surface area (Å²) in [7, 11) is 0. The predicted octanol–water partition coefficient (Wildman–Crippen LogP) is 3.25. The van der Waals surface area contributed by atoms with Crippen molar-refractivity contribution in [3.05, 3.63) is 34.9 Å². The first-order chi connectivity index (χ1) is 8.72. The molecule has 2 heterocycles. The molecule has 96 valence electrons. The van der Waals surface area contributed by atoms with Gasteiger partial charge in [-0.05, 0) is 36.5 Å². The lowest BCUT2D eigenvalue weighted by Gasteiger charge is -2.42. The van der Waals surface area contributed by atoms with Crippen LogP contribution in [0.25, 0.3) is 0 Å². The van der Waals surface area contributed by atoms with Crippen molar-refractivity contribution >= 4 is 17.4 Å². The summed E-state index contributed by atoms with van der Waals surface area (Å²) in [4.78, 5) is 14.0. The molecule has 2 nitrogen and oxygen atoms in total. The average molecular weight is 264 g/mol. The van der Waals surface area contributed by atoms with E-state index in [1.54, 1.807) is 0 Å². The standard InChI is InChI=1S/C15H18ClNO/c16-13-4-1-11(2-5-13)12-3-6-14-9-15(18)7-8-17(14)10-12/h1-2,4-5,12,14H,3,6-10H2/t12-,14?/m0/s1. The number of carbonyl (C=O) groups is 1. The molecule has 1 unspecified atom stereocenters. The molecule has 2 fully saturated rings. The monoisotopic (exact) mass is 263 g/mol. The lowest BCUT2D eigenvalue weighted by Crippen LogP contribution is -2.47. The van der Waals surface area contributed by atoms with E-state index in [2.05, 4.69) is 17.0 Å². The maximum absolute atomic E-state index is 11.5. The molecule has 0 N–H and O–H groups in total. The Bertz CT molecular complexity index is 442. The number of ketones is 1. The van der Waals surface area contributed by atoms with Gasteiger partial charge in [0.15, 0.2) is 0 Å². The molecule has 2 aliphatic heterocycles. The van der Waals surface area contributed by atoms with E-state index >= 15 is 0 Å². The third-order valence-corrected chi connectivity index (χ3v) is 4.55. The Labute approximate surface area is 113 Å². The lowest BCUT2D eigenvalue weighted by molar-refractivity contribution is -0.124. The van der Waals surface area contributed by atoms with Crippen molar-refractivity contribution < 1.29 is 4.79 Å². The van der Waals surface area contributed by atoms with Gasteiger partial charge >= 0.3 is 0 Å². The van der Waals surface area contributed by atoms with Crippen LogP contribution in [0.1, 0.15) is 37.2 Å². The van der Waals surface area contributed by atoms with Gasteiger partial charge in [-0.1, -0.05) is 23.7 Å². The fraction of sp³-hybridized carbons (Fsp3) is 0.533. The van der Waals surface area contributed by atoms with Gasteiger partial charge in [0.2, 0.25) is 0 Å². The highest BCUT2D eigenvalue weighted by Gasteiger charge is 2.33. The first-order valence-electron chi connectivity index (χ1n) is 6.73. The summed E-state index contributed by atoms with van der Waals surface area (Å²) < 4.78 is 0. The van der Waals surface area contributed by atoms with E-state index in [4.69, 9.17) is 11.6 Å². The van der Waals surface area contributed by atoms with Gasteiger partial charge in [0, 0.05) is 37.0 Å². The normalized spacial score (nSPS) is 29.1. The Kier molecular flexibility index (Phi) is 3.40. The number of Topliss-reactive ketones (excluding diaryl/α,β-unsaturated/α-hetero) is 1. The van der Waals surface area contributed by atoms with Crippen LogP contribution in [0.5, 0.6) is 0 Å². The molecule has 0 spiro atoms. The molecule has 18 heavy (non-hydrogen) atoms. The van der Waals surface area contributed by atoms with Gasteiger partial charge in [-0.15, -0.1) is 0 Å². The maximum atomic E-state index is 11.5. The number of benzene rings is 1. The zero-order valence-corrected chi connectivity index (χ0v) is 11.2. The fourth-order valence-corrected chi connectivity index (χ4v) is 3.37. The van der Waals surface area contributed by atoms with Gasteiger partial charge in [-0.3, -0.25) is 9.69 Å². The Hall–Kier alpha value is -0.860. The fourth-order valence-electron chi connectivity index (χ4n) is 3.24. The van der Waals surface area contributed by atoms with Crippen LogP contribution in [-0.4, -0.2) is 29.8 Å². The number of hydrogen-bond acceptors (Lipinski definition) is 2. The van der Waals surface area contributed by atoms with Crippen LogP contribution in [0, 0.1) is 0 Å². The quantitative estimate of drug-likeness (QED) is 0.775. The Morgan fingerprint density at radius 1 is 1.17 bits per heavy atom. The number of nitrogens with zero attached hydrogens (tertiary/aromatic N) is 1. The van der Waals surface area contributed by atoms with Gasteiger partial charge in [0.25, 0.3) is 0 Å². The molecular formula is C15H18ClNO. The number of carbonyl (C=O) groups excluding carboxylic acids is 1. The second-order valence-electron chi connectivity index (χ2n) is 5.47. The maximum Gasteiger partial charge on any atom is 0.135 e. The third-order valence-electron chi connectivity index (χ3n) is 4.30. The second-order valence-corrected chi connectivity index (χ2v) is 5.90. The number of piperidine rings is 2. The van der Waals surface area contributed by atoms with Crippen LogP contribution in [0.4, 0.5) is 0 Å². The highest BCUT2D eigenvalue weighted by atomic mass is 35.5. The van der Waals surface area contributed by atoms with Gasteiger partial charge in [0.05, 0.1) is 0 Å². The summed E-state index contributed by atoms with van der Waals surface area (Å²) >= 11 is 5.93. The molecule has 0 aliphatic carbocycles. The van der Waals surface area contributed by atoms with Crippen LogP contribution in [0.15, 0.2) is 24.3 Å². The largest absolute Gasteiger partial charge is 0.300 e. The molecule has 1 aromatic rings. The van der Waals surface area contributed by atoms with Crippen molar-refractivity contribution in [3.8, 4) is 0 Å². The Morgan fingerprint density at radius 3 is 2.72 bits per heavy atom. The summed E-state index contributed by atoms with van der Waals surface area (Å²) in [6, 6.07) is 8.74. The summed E-state index contributed by atoms with van der Waals surface area (Å²) in [5.74, 6) is 1.05. The average Bonchev–Trinajstić information content (AvgIpc) is 2.39. The van der Waals surface area contributed by atoms with Crippen molar-refractivity contribution in [1.82, 2.24) is 4.90 Å². The van der Waals surface area contributed by atoms with Crippen molar-refractivity contribution in [2.24, 2.45) is 0 Å². The van der Waals surface area contributed by atoms with Crippen molar-refractivity contribution in [2.75, 3.05) is 13.1 Å². The summed E-state index contributed by atoms with van der Waals surface area (Å²) in [5, 5.41) is 0.802. The first-order valence-corrected chi connectivity index (χ1v) is 7.11. The molecule has 2 saturated heterocycles. The van der Waals surface area contributed by atoms with Crippen LogP contribution < -0.4 is 0 Å². The molecule has 0 saturated carbocycles. The topological polar surface area (TPSA) is 20.3 Å². The van der Waals surface area contributed by atoms with E-state index in [0.29, 0.717) is 17.7 Å². The number of hydrogen-bond donors (Lipinski definition) is 0. The Morgan fingerprint density at radius 2 is 1.94 bits per heavy atom. The highest BCUT2D eigenvalue weighted by molar-refractivity contribution is 6.30. The number of halogens is 1. The van der Waals surface area contributed by atoms with E-state index in [-0.39, 0.29) is 0 Å². The zero-order chi connectivity index (χ0) is 12.5. The molecule has 2 atom stereocenters. The summed E-state index contributed by atoms with van der Waals surface area (Å²) in [6.45, 7) is 2.05. The van der Waals surface area contributed by atoms with Crippen molar-refractivity contribution in [2.45, 2.75) is 37.6 Å². The molecule has 3 rings (SSSR count). The molecule has 0 bridgehead atoms. The smallest absolute Gasteiger partial charge is 0.135 e. The molecule has 1 aromatic carbocycles. The van der Waals surface area contributed by atoms with E-state index in [9.17, 15) is 4.79 Å². The summed E-state index contributed by atoms with van der Waals surface area (Å²) in [5.41, 5.74) is 1.38. The third kappa shape index (κ3) is 2.45. The van der Waals surface area contributed by atoms with E-state index in [1.165, 1.54) is 12.0 Å². The van der Waals surface area contributed by atoms with Gasteiger partial charge in [0.1, 0.15) is 5.78 Å². The van der Waals surface area contributed by atoms with E-state index < -0.39 is 0 Å². The SMILES string of the molecule is O=C1CCN2C[C@@H](c3ccc(Cl)cc3)CCC2C1. The zero-order valence-electron chi connectivity index (χ0n) is 10.4. The van der Waals surface area contributed by atoms with Crippen LogP contribution in [0.2, 0.25) is 5.02 Å². The minimum atomic E-state index is 0.446. The predicted molar refractivity (Wildman–Crippen MR) is 73.0 cm³/mol. The summed E-state index contributed by atoms with van der Waals surface area (Å²) in [6.07, 6.45) is 3.85. The highest BCUT2D eigenvalue weighted by Crippen LogP contribution is 2.33. The first kappa shape index (κ1) is 12.2. The van der Waals surface area contributed by atoms with Crippen LogP contribution in [-0.2, 0) is 4.79 Å². The molecule has 0 amide bonds. The number of fused-ring (bicyclic) bond motifs is 1. The molecular weight excluding hydrogens is 246 g/mol. The number of rotatable bonds is 1. The molecule has 3 heteroatoms. The lowest BCUT2D eigenvalue weighted by atomic mass is 9.84. The van der Waals surface area contributed by atoms with Crippen LogP contribution in [0.3, 0.4) is 0 Å². The van der Waals surface area contributed by atoms with Gasteiger partial charge < -0.3 is 0 Å². The molecule has 2 aliphatic rings. The van der Waals surface area contributed by atoms with E-state index in [0.717, 1.165) is 37.4 Å². The Balaban J connectivity index is 1.70. The van der Waals surface area contributed by atoms with Gasteiger partial charge in [-0.2, -0.15) is 0 Å². The molecule has 0 aromatic heterocycles. The van der Waals surface area contributed by atoms with Crippen molar-refractivity contribution in [3.63, 3.8) is 0 Å². The minimum Gasteiger partial charge on any atom is -0.300 e. The molecule has 0 radical (unpaired) electrons. The second kappa shape index (κ2) is 5.02. The van der Waals surface area contributed by atoms with Crippen molar-refractivity contribution in [1.29, 1.82) is 0 Å².